The van der Waals surface area contributed by atoms with Crippen LogP contribution in [0.5, 0.6) is 0 Å². The molecule has 8 heteroatoms. The van der Waals surface area contributed by atoms with E-state index in [0.717, 1.165) is 23.0 Å². The molecule has 2 aromatic rings. The second kappa shape index (κ2) is 6.15. The van der Waals surface area contributed by atoms with Crippen LogP contribution in [0.25, 0.3) is 0 Å². The summed E-state index contributed by atoms with van der Waals surface area (Å²) in [6, 6.07) is 7.49. The number of carboxylic acids is 1. The van der Waals surface area contributed by atoms with Crippen LogP contribution in [0, 0.1) is 0 Å². The van der Waals surface area contributed by atoms with Gasteiger partial charge in [0, 0.05) is 16.4 Å². The molecule has 0 saturated carbocycles. The molecule has 112 valence electrons. The van der Waals surface area contributed by atoms with Crippen molar-refractivity contribution < 1.29 is 18.3 Å². The Morgan fingerprint density at radius 3 is 2.48 bits per heavy atom. The normalized spacial score (nSPS) is 13.0. The third-order valence-electron chi connectivity index (χ3n) is 2.80. The van der Waals surface area contributed by atoms with E-state index in [1.165, 1.54) is 5.38 Å². The molecule has 5 nitrogen and oxygen atoms in total. The number of hydrogen-bond donors (Lipinski definition) is 2. The standard InChI is InChI=1S/C13H12ClNO4S2/c1-8(9-2-4-10(14)5-3-9)15-21(18,19)11-6-12(13(16)17)20-7-11/h2-8,15H,1H3,(H,16,17)/t8-/m1/s1. The fourth-order valence-electron chi connectivity index (χ4n) is 1.69. The van der Waals surface area contributed by atoms with Crippen molar-refractivity contribution in [2.45, 2.75) is 17.9 Å². The maximum Gasteiger partial charge on any atom is 0.345 e. The molecule has 0 fully saturated rings. The summed E-state index contributed by atoms with van der Waals surface area (Å²) in [6.45, 7) is 1.70. The molecule has 0 spiro atoms. The van der Waals surface area contributed by atoms with Gasteiger partial charge < -0.3 is 5.11 Å². The fraction of sp³-hybridized carbons (Fsp3) is 0.154. The van der Waals surface area contributed by atoms with Gasteiger partial charge in [-0.25, -0.2) is 17.9 Å². The molecule has 0 aliphatic carbocycles. The third kappa shape index (κ3) is 3.82. The SMILES string of the molecule is C[C@@H](NS(=O)(=O)c1csc(C(=O)O)c1)c1ccc(Cl)cc1. The van der Waals surface area contributed by atoms with Gasteiger partial charge in [-0.15, -0.1) is 11.3 Å². The summed E-state index contributed by atoms with van der Waals surface area (Å²) < 4.78 is 26.9. The zero-order valence-electron chi connectivity index (χ0n) is 10.9. The van der Waals surface area contributed by atoms with E-state index in [0.29, 0.717) is 5.02 Å². The van der Waals surface area contributed by atoms with Crippen molar-refractivity contribution in [3.63, 3.8) is 0 Å². The molecule has 2 N–H and O–H groups in total. The van der Waals surface area contributed by atoms with E-state index >= 15 is 0 Å². The summed E-state index contributed by atoms with van der Waals surface area (Å²) in [5, 5.41) is 10.7. The number of sulfonamides is 1. The van der Waals surface area contributed by atoms with Crippen LogP contribution in [0.1, 0.15) is 28.2 Å². The van der Waals surface area contributed by atoms with Crippen LogP contribution in [0.15, 0.2) is 40.6 Å². The summed E-state index contributed by atoms with van der Waals surface area (Å²) in [4.78, 5) is 10.7. The van der Waals surface area contributed by atoms with Gasteiger partial charge in [0.15, 0.2) is 0 Å². The summed E-state index contributed by atoms with van der Waals surface area (Å²) in [5.74, 6) is -1.15. The largest absolute Gasteiger partial charge is 0.477 e. The summed E-state index contributed by atoms with van der Waals surface area (Å²) in [5.41, 5.74) is 0.761. The monoisotopic (exact) mass is 345 g/mol. The Morgan fingerprint density at radius 2 is 1.95 bits per heavy atom. The number of aromatic carboxylic acids is 1. The van der Waals surface area contributed by atoms with Crippen LogP contribution in [-0.4, -0.2) is 19.5 Å². The molecule has 21 heavy (non-hydrogen) atoms. The van der Waals surface area contributed by atoms with Gasteiger partial charge in [0.1, 0.15) is 4.88 Å². The van der Waals surface area contributed by atoms with Crippen molar-refractivity contribution in [2.24, 2.45) is 0 Å². The Morgan fingerprint density at radius 1 is 1.33 bits per heavy atom. The second-order valence-electron chi connectivity index (χ2n) is 4.35. The molecular formula is C13H12ClNO4S2. The molecule has 0 amide bonds. The molecule has 0 radical (unpaired) electrons. The van der Waals surface area contributed by atoms with Crippen LogP contribution >= 0.6 is 22.9 Å². The van der Waals surface area contributed by atoms with Crippen molar-refractivity contribution in [3.8, 4) is 0 Å². The highest BCUT2D eigenvalue weighted by Gasteiger charge is 2.21. The molecule has 0 aliphatic heterocycles. The Bertz CT molecular complexity index is 753. The number of carbonyl (C=O) groups is 1. The Labute approximate surface area is 131 Å². The topological polar surface area (TPSA) is 83.5 Å². The van der Waals surface area contributed by atoms with Crippen LogP contribution in [0.4, 0.5) is 0 Å². The van der Waals surface area contributed by atoms with Crippen molar-refractivity contribution in [1.29, 1.82) is 0 Å². The first-order valence-corrected chi connectivity index (χ1v) is 8.63. The van der Waals surface area contributed by atoms with Crippen LogP contribution in [0.3, 0.4) is 0 Å². The molecule has 2 rings (SSSR count). The highest BCUT2D eigenvalue weighted by Crippen LogP contribution is 2.22. The lowest BCUT2D eigenvalue weighted by Gasteiger charge is -2.14. The van der Waals surface area contributed by atoms with Gasteiger partial charge in [0.25, 0.3) is 0 Å². The molecule has 0 bridgehead atoms. The van der Waals surface area contributed by atoms with Crippen molar-refractivity contribution in [2.75, 3.05) is 0 Å². The quantitative estimate of drug-likeness (QED) is 0.872. The lowest BCUT2D eigenvalue weighted by Crippen LogP contribution is -2.26. The first-order valence-electron chi connectivity index (χ1n) is 5.89. The Balaban J connectivity index is 2.20. The maximum absolute atomic E-state index is 12.2. The number of carboxylic acid groups (broad SMARTS) is 1. The van der Waals surface area contributed by atoms with Gasteiger partial charge in [0.05, 0.1) is 4.90 Å². The minimum absolute atomic E-state index is 0.0190. The van der Waals surface area contributed by atoms with Gasteiger partial charge in [-0.2, -0.15) is 0 Å². The molecule has 0 saturated heterocycles. The minimum atomic E-state index is -3.77. The van der Waals surface area contributed by atoms with Crippen molar-refractivity contribution in [1.82, 2.24) is 4.72 Å². The van der Waals surface area contributed by atoms with Crippen molar-refractivity contribution in [3.05, 3.63) is 51.2 Å². The average molecular weight is 346 g/mol. The third-order valence-corrected chi connectivity index (χ3v) is 5.64. The molecule has 1 atom stereocenters. The zero-order valence-corrected chi connectivity index (χ0v) is 13.3. The summed E-state index contributed by atoms with van der Waals surface area (Å²) >= 11 is 6.66. The maximum atomic E-state index is 12.2. The van der Waals surface area contributed by atoms with Gasteiger partial charge in [-0.3, -0.25) is 0 Å². The Kier molecular flexibility index (Phi) is 4.67. The Hall–Kier alpha value is -1.41. The van der Waals surface area contributed by atoms with E-state index in [-0.39, 0.29) is 9.77 Å². The van der Waals surface area contributed by atoms with E-state index in [9.17, 15) is 13.2 Å². The molecule has 1 heterocycles. The molecular weight excluding hydrogens is 334 g/mol. The summed E-state index contributed by atoms with van der Waals surface area (Å²) in [6.07, 6.45) is 0. The lowest BCUT2D eigenvalue weighted by molar-refractivity contribution is 0.0702. The summed E-state index contributed by atoms with van der Waals surface area (Å²) in [7, 11) is -3.77. The lowest BCUT2D eigenvalue weighted by atomic mass is 10.1. The van der Waals surface area contributed by atoms with Crippen LogP contribution in [-0.2, 0) is 10.0 Å². The van der Waals surface area contributed by atoms with E-state index in [1.54, 1.807) is 31.2 Å². The smallest absolute Gasteiger partial charge is 0.345 e. The predicted octanol–water partition coefficient (Wildman–Crippen LogP) is 3.14. The number of thiophene rings is 1. The number of nitrogens with one attached hydrogen (secondary N) is 1. The average Bonchev–Trinajstić information content (AvgIpc) is 2.89. The van der Waals surface area contributed by atoms with Gasteiger partial charge in [-0.05, 0) is 30.7 Å². The van der Waals surface area contributed by atoms with Gasteiger partial charge in [-0.1, -0.05) is 23.7 Å². The fourth-order valence-corrected chi connectivity index (χ4v) is 4.16. The second-order valence-corrected chi connectivity index (χ2v) is 7.41. The number of benzene rings is 1. The molecule has 1 aromatic carbocycles. The highest BCUT2D eigenvalue weighted by molar-refractivity contribution is 7.89. The first kappa shape index (κ1) is 16.0. The predicted molar refractivity (Wildman–Crippen MR) is 81.5 cm³/mol. The van der Waals surface area contributed by atoms with E-state index in [4.69, 9.17) is 16.7 Å². The van der Waals surface area contributed by atoms with Gasteiger partial charge in [0.2, 0.25) is 10.0 Å². The van der Waals surface area contributed by atoms with Crippen LogP contribution in [0.2, 0.25) is 5.02 Å². The number of halogens is 1. The van der Waals surface area contributed by atoms with E-state index in [2.05, 4.69) is 4.72 Å². The van der Waals surface area contributed by atoms with E-state index in [1.807, 2.05) is 0 Å². The first-order chi connectivity index (χ1) is 9.79. The highest BCUT2D eigenvalue weighted by atomic mass is 35.5. The van der Waals surface area contributed by atoms with Crippen LogP contribution < -0.4 is 4.72 Å². The molecule has 0 aliphatic rings. The van der Waals surface area contributed by atoms with E-state index < -0.39 is 22.0 Å². The zero-order chi connectivity index (χ0) is 15.6. The minimum Gasteiger partial charge on any atom is -0.477 e. The van der Waals surface area contributed by atoms with Crippen molar-refractivity contribution >= 4 is 38.9 Å². The van der Waals surface area contributed by atoms with Gasteiger partial charge >= 0.3 is 5.97 Å². The number of rotatable bonds is 5. The molecule has 0 unspecified atom stereocenters. The number of hydrogen-bond acceptors (Lipinski definition) is 4. The molecule has 1 aromatic heterocycles.